The fourth-order valence-electron chi connectivity index (χ4n) is 3.30. The number of esters is 1. The molecule has 1 aliphatic carbocycles. The zero-order valence-corrected chi connectivity index (χ0v) is 15.2. The van der Waals surface area contributed by atoms with E-state index in [1.54, 1.807) is 22.8 Å². The lowest BCUT2D eigenvalue weighted by molar-refractivity contribution is 0.0536. The Balaban J connectivity index is 2.12. The van der Waals surface area contributed by atoms with Crippen LogP contribution < -0.4 is 0 Å². The Morgan fingerprint density at radius 3 is 2.48 bits per heavy atom. The van der Waals surface area contributed by atoms with E-state index in [1.807, 2.05) is 20.8 Å². The van der Waals surface area contributed by atoms with E-state index in [4.69, 9.17) is 9.47 Å². The summed E-state index contributed by atoms with van der Waals surface area (Å²) in [5.74, 6) is 0.543. The van der Waals surface area contributed by atoms with Crippen molar-refractivity contribution < 1.29 is 19.1 Å². The second-order valence-corrected chi connectivity index (χ2v) is 7.46. The highest BCUT2D eigenvalue weighted by Crippen LogP contribution is 2.35. The number of carbonyl (C=O) groups excluding carboxylic acids is 2. The van der Waals surface area contributed by atoms with E-state index in [-0.39, 0.29) is 5.92 Å². The van der Waals surface area contributed by atoms with Crippen LogP contribution in [0.2, 0.25) is 0 Å². The van der Waals surface area contributed by atoms with Crippen molar-refractivity contribution in [3.8, 4) is 0 Å². The van der Waals surface area contributed by atoms with Crippen LogP contribution >= 0.6 is 0 Å². The molecule has 25 heavy (non-hydrogen) atoms. The van der Waals surface area contributed by atoms with Gasteiger partial charge in [0.15, 0.2) is 0 Å². The molecule has 0 radical (unpaired) electrons. The number of hydrogen-bond acceptors (Lipinski definition) is 5. The Kier molecular flexibility index (Phi) is 4.54. The molecule has 0 unspecified atom stereocenters. The molecular weight excluding hydrogens is 320 g/mol. The van der Waals surface area contributed by atoms with Crippen molar-refractivity contribution in [3.05, 3.63) is 29.6 Å². The van der Waals surface area contributed by atoms with Gasteiger partial charge in [0, 0.05) is 5.92 Å². The van der Waals surface area contributed by atoms with Gasteiger partial charge in [-0.3, -0.25) is 0 Å². The first kappa shape index (κ1) is 17.5. The molecule has 1 aliphatic rings. The molecule has 0 aliphatic heterocycles. The number of imidazole rings is 1. The minimum Gasteiger partial charge on any atom is -0.465 e. The lowest BCUT2D eigenvalue weighted by Crippen LogP contribution is -2.28. The molecule has 0 N–H and O–H groups in total. The fraction of sp³-hybridized carbons (Fsp3) is 0.526. The van der Waals surface area contributed by atoms with Crippen LogP contribution in [-0.4, -0.2) is 34.3 Å². The van der Waals surface area contributed by atoms with Gasteiger partial charge in [-0.15, -0.1) is 0 Å². The van der Waals surface area contributed by atoms with E-state index in [2.05, 4.69) is 4.98 Å². The SMILES string of the molecule is COC(=O)c1ccc2c(c1)nc(C1CCCC1)n2C(=O)OC(C)(C)C. The van der Waals surface area contributed by atoms with Gasteiger partial charge >= 0.3 is 12.1 Å². The highest BCUT2D eigenvalue weighted by molar-refractivity contribution is 5.95. The van der Waals surface area contributed by atoms with Crippen molar-refractivity contribution >= 4 is 23.1 Å². The van der Waals surface area contributed by atoms with E-state index in [9.17, 15) is 9.59 Å². The molecular formula is C19H24N2O4. The number of methoxy groups -OCH3 is 1. The second kappa shape index (κ2) is 6.50. The molecule has 1 aromatic carbocycles. The van der Waals surface area contributed by atoms with Crippen molar-refractivity contribution in [2.75, 3.05) is 7.11 Å². The summed E-state index contributed by atoms with van der Waals surface area (Å²) < 4.78 is 11.9. The van der Waals surface area contributed by atoms with Gasteiger partial charge in [0.2, 0.25) is 0 Å². The summed E-state index contributed by atoms with van der Waals surface area (Å²) in [5.41, 5.74) is 1.09. The molecule has 6 nitrogen and oxygen atoms in total. The van der Waals surface area contributed by atoms with Crippen LogP contribution in [0, 0.1) is 0 Å². The van der Waals surface area contributed by atoms with Crippen LogP contribution in [0.3, 0.4) is 0 Å². The number of rotatable bonds is 2. The highest BCUT2D eigenvalue weighted by Gasteiger charge is 2.29. The number of ether oxygens (including phenoxy) is 2. The monoisotopic (exact) mass is 344 g/mol. The van der Waals surface area contributed by atoms with E-state index in [1.165, 1.54) is 7.11 Å². The standard InChI is InChI=1S/C19H24N2O4/c1-19(2,3)25-18(23)21-15-10-9-13(17(22)24-4)11-14(15)20-16(21)12-7-5-6-8-12/h9-12H,5-8H2,1-4H3. The van der Waals surface area contributed by atoms with Gasteiger partial charge in [-0.2, -0.15) is 0 Å². The molecule has 3 rings (SSSR count). The maximum atomic E-state index is 12.8. The number of benzene rings is 1. The molecule has 0 saturated heterocycles. The lowest BCUT2D eigenvalue weighted by Gasteiger charge is -2.21. The molecule has 1 aromatic heterocycles. The Labute approximate surface area is 147 Å². The summed E-state index contributed by atoms with van der Waals surface area (Å²) >= 11 is 0. The maximum absolute atomic E-state index is 12.8. The topological polar surface area (TPSA) is 70.4 Å². The highest BCUT2D eigenvalue weighted by atomic mass is 16.6. The molecule has 1 fully saturated rings. The first-order valence-corrected chi connectivity index (χ1v) is 8.64. The molecule has 0 spiro atoms. The third kappa shape index (κ3) is 3.52. The quantitative estimate of drug-likeness (QED) is 0.761. The average molecular weight is 344 g/mol. The van der Waals surface area contributed by atoms with Crippen molar-refractivity contribution in [1.82, 2.24) is 9.55 Å². The third-order valence-corrected chi connectivity index (χ3v) is 4.40. The van der Waals surface area contributed by atoms with Crippen molar-refractivity contribution in [1.29, 1.82) is 0 Å². The Morgan fingerprint density at radius 2 is 1.88 bits per heavy atom. The Morgan fingerprint density at radius 1 is 1.20 bits per heavy atom. The van der Waals surface area contributed by atoms with Gasteiger partial charge in [0.05, 0.1) is 23.7 Å². The maximum Gasteiger partial charge on any atom is 0.420 e. The molecule has 0 atom stereocenters. The van der Waals surface area contributed by atoms with Crippen LogP contribution in [0.5, 0.6) is 0 Å². The van der Waals surface area contributed by atoms with E-state index in [0.29, 0.717) is 16.6 Å². The first-order valence-electron chi connectivity index (χ1n) is 8.64. The lowest BCUT2D eigenvalue weighted by atomic mass is 10.1. The summed E-state index contributed by atoms with van der Waals surface area (Å²) in [7, 11) is 1.34. The summed E-state index contributed by atoms with van der Waals surface area (Å²) in [6, 6.07) is 5.05. The van der Waals surface area contributed by atoms with Crippen molar-refractivity contribution in [3.63, 3.8) is 0 Å². The number of nitrogens with zero attached hydrogens (tertiary/aromatic N) is 2. The summed E-state index contributed by atoms with van der Waals surface area (Å²) in [6.07, 6.45) is 3.86. The smallest absolute Gasteiger partial charge is 0.420 e. The van der Waals surface area contributed by atoms with Crippen LogP contribution in [-0.2, 0) is 9.47 Å². The number of aromatic nitrogens is 2. The Hall–Kier alpha value is -2.37. The zero-order valence-electron chi connectivity index (χ0n) is 15.2. The van der Waals surface area contributed by atoms with Gasteiger partial charge in [-0.25, -0.2) is 19.1 Å². The van der Waals surface area contributed by atoms with Gasteiger partial charge < -0.3 is 9.47 Å². The van der Waals surface area contributed by atoms with Crippen LogP contribution in [0.4, 0.5) is 4.79 Å². The number of hydrogen-bond donors (Lipinski definition) is 0. The van der Waals surface area contributed by atoms with Gasteiger partial charge in [-0.1, -0.05) is 12.8 Å². The minimum absolute atomic E-state index is 0.237. The van der Waals surface area contributed by atoms with Crippen molar-refractivity contribution in [2.24, 2.45) is 0 Å². The largest absolute Gasteiger partial charge is 0.465 e. The predicted molar refractivity (Wildman–Crippen MR) is 93.9 cm³/mol. The Bertz CT molecular complexity index is 811. The molecule has 1 heterocycles. The number of fused-ring (bicyclic) bond motifs is 1. The van der Waals surface area contributed by atoms with Crippen molar-refractivity contribution in [2.45, 2.75) is 58.0 Å². The first-order chi connectivity index (χ1) is 11.8. The molecule has 134 valence electrons. The molecule has 2 aromatic rings. The van der Waals surface area contributed by atoms with Gasteiger partial charge in [0.25, 0.3) is 0 Å². The minimum atomic E-state index is -0.591. The van der Waals surface area contributed by atoms with Crippen LogP contribution in [0.25, 0.3) is 11.0 Å². The van der Waals surface area contributed by atoms with Crippen LogP contribution in [0.1, 0.15) is 68.6 Å². The van der Waals surface area contributed by atoms with E-state index in [0.717, 1.165) is 31.5 Å². The zero-order chi connectivity index (χ0) is 18.2. The molecule has 0 bridgehead atoms. The molecule has 1 saturated carbocycles. The normalized spacial score (nSPS) is 15.5. The summed E-state index contributed by atoms with van der Waals surface area (Å²) in [6.45, 7) is 5.53. The number of carbonyl (C=O) groups is 2. The van der Waals surface area contributed by atoms with E-state index >= 15 is 0 Å². The van der Waals surface area contributed by atoms with Gasteiger partial charge in [-0.05, 0) is 51.8 Å². The van der Waals surface area contributed by atoms with Crippen LogP contribution in [0.15, 0.2) is 18.2 Å². The summed E-state index contributed by atoms with van der Waals surface area (Å²) in [5, 5.41) is 0. The van der Waals surface area contributed by atoms with Gasteiger partial charge in [0.1, 0.15) is 11.4 Å². The summed E-state index contributed by atoms with van der Waals surface area (Å²) in [4.78, 5) is 29.3. The molecule has 6 heteroatoms. The molecule has 0 amide bonds. The van der Waals surface area contributed by atoms with E-state index < -0.39 is 17.7 Å². The third-order valence-electron chi connectivity index (χ3n) is 4.40. The average Bonchev–Trinajstić information content (AvgIpc) is 3.18. The second-order valence-electron chi connectivity index (χ2n) is 7.46. The fourth-order valence-corrected chi connectivity index (χ4v) is 3.30. The predicted octanol–water partition coefficient (Wildman–Crippen LogP) is 4.26.